The molecule has 2 aliphatic carbocycles. The first kappa shape index (κ1) is 31.1. The molecule has 3 aliphatic rings. The Morgan fingerprint density at radius 2 is 1.50 bits per heavy atom. The van der Waals surface area contributed by atoms with Crippen molar-refractivity contribution in [3.63, 3.8) is 0 Å². The summed E-state index contributed by atoms with van der Waals surface area (Å²) in [6, 6.07) is 47.1. The predicted octanol–water partition coefficient (Wildman–Crippen LogP) is 13.3. The summed E-state index contributed by atoms with van der Waals surface area (Å²) in [6.45, 7) is 4.74. The van der Waals surface area contributed by atoms with Crippen molar-refractivity contribution in [3.8, 4) is 16.8 Å². The fraction of sp³-hybridized carbons (Fsp3) is 0.143. The van der Waals surface area contributed by atoms with E-state index in [0.717, 1.165) is 19.3 Å². The van der Waals surface area contributed by atoms with Crippen molar-refractivity contribution in [2.45, 2.75) is 44.4 Å². The Labute approximate surface area is 310 Å². The standard InChI is InChI=1S/C49H40N2S/c1-49(2)44-15-9-14-42-43-32-38(22-29-45(43)51(47(42)44)46-30-31-52-48(46)49)37-20-27-41(28-21-37)50(39-23-16-35(17-24-39)33-10-5-3-6-11-33)40-25-18-36(19-26-40)34-12-7-4-8-13-34/h3-16,18,20-25,27-32,35H,17,19,26H2,1-2H3. The van der Waals surface area contributed by atoms with Gasteiger partial charge in [-0.05, 0) is 101 Å². The number of fused-ring (bicyclic) bond motifs is 5. The molecule has 2 aromatic heterocycles. The second-order valence-electron chi connectivity index (χ2n) is 14.9. The summed E-state index contributed by atoms with van der Waals surface area (Å²) < 4.78 is 2.51. The van der Waals surface area contributed by atoms with Gasteiger partial charge in [0.2, 0.25) is 0 Å². The first-order valence-electron chi connectivity index (χ1n) is 18.5. The van der Waals surface area contributed by atoms with Gasteiger partial charge in [0.25, 0.3) is 0 Å². The number of rotatable bonds is 6. The number of nitrogens with zero attached hydrogens (tertiary/aromatic N) is 2. The van der Waals surface area contributed by atoms with Crippen molar-refractivity contribution in [1.29, 1.82) is 0 Å². The zero-order valence-corrected chi connectivity index (χ0v) is 30.4. The Hall–Kier alpha value is -5.64. The highest BCUT2D eigenvalue weighted by Gasteiger charge is 2.36. The quantitative estimate of drug-likeness (QED) is 0.169. The third-order valence-electron chi connectivity index (χ3n) is 11.5. The van der Waals surface area contributed by atoms with Crippen LogP contribution < -0.4 is 4.90 Å². The molecule has 3 heterocycles. The number of benzene rings is 5. The molecule has 7 aromatic rings. The van der Waals surface area contributed by atoms with E-state index in [2.05, 4.69) is 186 Å². The fourth-order valence-corrected chi connectivity index (χ4v) is 9.80. The van der Waals surface area contributed by atoms with Gasteiger partial charge in [0.1, 0.15) is 0 Å². The van der Waals surface area contributed by atoms with E-state index >= 15 is 0 Å². The molecule has 0 fully saturated rings. The Bertz CT molecular complexity index is 2610. The summed E-state index contributed by atoms with van der Waals surface area (Å²) in [4.78, 5) is 3.92. The maximum atomic E-state index is 2.51. The Kier molecular flexibility index (Phi) is 7.33. The van der Waals surface area contributed by atoms with Crippen LogP contribution >= 0.6 is 11.3 Å². The maximum absolute atomic E-state index is 2.51. The third-order valence-corrected chi connectivity index (χ3v) is 12.7. The summed E-state index contributed by atoms with van der Waals surface area (Å²) in [6.07, 6.45) is 14.8. The average Bonchev–Trinajstić information content (AvgIpc) is 3.83. The summed E-state index contributed by atoms with van der Waals surface area (Å²) in [5.41, 5.74) is 15.7. The lowest BCUT2D eigenvalue weighted by Gasteiger charge is -2.32. The molecule has 0 amide bonds. The van der Waals surface area contributed by atoms with Gasteiger partial charge in [0, 0.05) is 44.1 Å². The van der Waals surface area contributed by atoms with Crippen LogP contribution in [0.1, 0.15) is 60.6 Å². The molecule has 0 saturated carbocycles. The lowest BCUT2D eigenvalue weighted by atomic mass is 9.79. The second kappa shape index (κ2) is 12.3. The highest BCUT2D eigenvalue weighted by atomic mass is 32.1. The van der Waals surface area contributed by atoms with E-state index < -0.39 is 0 Å². The molecule has 0 spiro atoms. The number of hydrogen-bond acceptors (Lipinski definition) is 2. The second-order valence-corrected chi connectivity index (χ2v) is 15.8. The van der Waals surface area contributed by atoms with E-state index in [0.29, 0.717) is 5.92 Å². The van der Waals surface area contributed by atoms with Gasteiger partial charge in [0.15, 0.2) is 0 Å². The summed E-state index contributed by atoms with van der Waals surface area (Å²) in [5.74, 6) is 0.401. The van der Waals surface area contributed by atoms with Crippen LogP contribution in [-0.4, -0.2) is 4.57 Å². The van der Waals surface area contributed by atoms with E-state index in [1.165, 1.54) is 82.8 Å². The van der Waals surface area contributed by atoms with Crippen molar-refractivity contribution in [2.24, 2.45) is 0 Å². The first-order valence-corrected chi connectivity index (χ1v) is 19.4. The average molecular weight is 689 g/mol. The van der Waals surface area contributed by atoms with E-state index in [1.807, 2.05) is 11.3 Å². The number of thiophene rings is 1. The zero-order valence-electron chi connectivity index (χ0n) is 29.6. The molecule has 1 atom stereocenters. The Morgan fingerprint density at radius 3 is 2.25 bits per heavy atom. The molecule has 52 heavy (non-hydrogen) atoms. The van der Waals surface area contributed by atoms with Gasteiger partial charge in [-0.3, -0.25) is 0 Å². The van der Waals surface area contributed by atoms with Crippen molar-refractivity contribution in [3.05, 3.63) is 196 Å². The number of para-hydroxylation sites is 1. The molecule has 5 aromatic carbocycles. The molecule has 3 heteroatoms. The molecular formula is C49H40N2S. The van der Waals surface area contributed by atoms with Crippen molar-refractivity contribution < 1.29 is 0 Å². The molecule has 0 bridgehead atoms. The number of aromatic nitrogens is 1. The summed E-state index contributed by atoms with van der Waals surface area (Å²) in [5, 5.41) is 4.89. The minimum absolute atomic E-state index is 0.0178. The zero-order chi connectivity index (χ0) is 34.8. The monoisotopic (exact) mass is 688 g/mol. The molecule has 1 aliphatic heterocycles. The van der Waals surface area contributed by atoms with E-state index in [4.69, 9.17) is 0 Å². The van der Waals surface area contributed by atoms with E-state index in [-0.39, 0.29) is 5.41 Å². The topological polar surface area (TPSA) is 8.17 Å². The normalized spacial score (nSPS) is 17.4. The van der Waals surface area contributed by atoms with Crippen molar-refractivity contribution >= 4 is 44.4 Å². The smallest absolute Gasteiger partial charge is 0.0610 e. The largest absolute Gasteiger partial charge is 0.315 e. The fourth-order valence-electron chi connectivity index (χ4n) is 8.78. The number of hydrogen-bond donors (Lipinski definition) is 0. The minimum atomic E-state index is -0.0178. The SMILES string of the molecule is CC1(C)c2sccc2-n2c3ccc(-c4ccc(N(C5=CCC(c6ccccc6)C=C5)C5=CC=C(c6ccccc6)CC5)cc4)cc3c3cccc1c32. The predicted molar refractivity (Wildman–Crippen MR) is 221 cm³/mol. The molecular weight excluding hydrogens is 649 g/mol. The van der Waals surface area contributed by atoms with Crippen LogP contribution in [0.15, 0.2) is 175 Å². The van der Waals surface area contributed by atoms with Crippen LogP contribution in [0, 0.1) is 0 Å². The molecule has 0 saturated heterocycles. The van der Waals surface area contributed by atoms with Gasteiger partial charge < -0.3 is 9.47 Å². The number of anilines is 1. The van der Waals surface area contributed by atoms with Gasteiger partial charge >= 0.3 is 0 Å². The van der Waals surface area contributed by atoms with E-state index in [9.17, 15) is 0 Å². The van der Waals surface area contributed by atoms with Gasteiger partial charge in [-0.2, -0.15) is 0 Å². The highest BCUT2D eigenvalue weighted by molar-refractivity contribution is 7.10. The van der Waals surface area contributed by atoms with Crippen LogP contribution in [0.2, 0.25) is 0 Å². The number of allylic oxidation sites excluding steroid dienone is 7. The van der Waals surface area contributed by atoms with Crippen LogP contribution in [0.25, 0.3) is 44.2 Å². The third kappa shape index (κ3) is 4.98. The lowest BCUT2D eigenvalue weighted by Crippen LogP contribution is -2.24. The molecule has 0 radical (unpaired) electrons. The Morgan fingerprint density at radius 1 is 0.712 bits per heavy atom. The summed E-state index contributed by atoms with van der Waals surface area (Å²) >= 11 is 1.87. The maximum Gasteiger partial charge on any atom is 0.0610 e. The highest BCUT2D eigenvalue weighted by Crippen LogP contribution is 2.49. The van der Waals surface area contributed by atoms with Crippen LogP contribution in [-0.2, 0) is 5.41 Å². The minimum Gasteiger partial charge on any atom is -0.315 e. The van der Waals surface area contributed by atoms with Gasteiger partial charge in [-0.1, -0.05) is 129 Å². The van der Waals surface area contributed by atoms with Gasteiger partial charge in [-0.15, -0.1) is 11.3 Å². The first-order chi connectivity index (χ1) is 25.5. The van der Waals surface area contributed by atoms with Crippen LogP contribution in [0.3, 0.4) is 0 Å². The van der Waals surface area contributed by atoms with Crippen molar-refractivity contribution in [2.75, 3.05) is 4.90 Å². The van der Waals surface area contributed by atoms with Crippen LogP contribution in [0.4, 0.5) is 5.69 Å². The molecule has 252 valence electrons. The Balaban J connectivity index is 1.02. The lowest BCUT2D eigenvalue weighted by molar-refractivity contribution is 0.646. The molecule has 10 rings (SSSR count). The van der Waals surface area contributed by atoms with Crippen LogP contribution in [0.5, 0.6) is 0 Å². The molecule has 0 N–H and O–H groups in total. The van der Waals surface area contributed by atoms with Gasteiger partial charge in [0.05, 0.1) is 16.7 Å². The van der Waals surface area contributed by atoms with E-state index in [1.54, 1.807) is 0 Å². The van der Waals surface area contributed by atoms with Gasteiger partial charge in [-0.25, -0.2) is 0 Å². The van der Waals surface area contributed by atoms with Crippen molar-refractivity contribution in [1.82, 2.24) is 4.57 Å². The molecule has 2 nitrogen and oxygen atoms in total. The summed E-state index contributed by atoms with van der Waals surface area (Å²) in [7, 11) is 0. The molecule has 1 unspecified atom stereocenters.